The second-order valence-corrected chi connectivity index (χ2v) is 13.6. The number of nitrogens with one attached hydrogen (secondary N) is 1. The van der Waals surface area contributed by atoms with Crippen LogP contribution >= 0.6 is 0 Å². The number of aliphatic hydroxyl groups is 1. The van der Waals surface area contributed by atoms with Gasteiger partial charge < -0.3 is 14.7 Å². The van der Waals surface area contributed by atoms with Crippen LogP contribution in [0.5, 0.6) is 0 Å². The lowest BCUT2D eigenvalue weighted by Gasteiger charge is -2.62. The second-order valence-electron chi connectivity index (χ2n) is 13.6. The predicted molar refractivity (Wildman–Crippen MR) is 140 cm³/mol. The number of carbonyl (C=O) groups excluding carboxylic acids is 3. The Bertz CT molecular complexity index is 981. The molecule has 3 unspecified atom stereocenters. The molecule has 0 aromatic carbocycles. The van der Waals surface area contributed by atoms with E-state index in [9.17, 15) is 19.5 Å². The first-order chi connectivity index (χ1) is 17.5. The summed E-state index contributed by atoms with van der Waals surface area (Å²) in [6.07, 6.45) is 7.42. The fourth-order valence-electron chi connectivity index (χ4n) is 9.38. The molecule has 0 radical (unpaired) electrons. The maximum atomic E-state index is 13.6. The normalized spacial score (nSPS) is 49.0. The van der Waals surface area contributed by atoms with Gasteiger partial charge in [-0.1, -0.05) is 39.8 Å². The molecule has 4 bridgehead atoms. The van der Waals surface area contributed by atoms with E-state index in [4.69, 9.17) is 4.74 Å². The maximum absolute atomic E-state index is 13.6. The van der Waals surface area contributed by atoms with Crippen molar-refractivity contribution in [3.05, 3.63) is 12.2 Å². The molecule has 3 saturated carbocycles. The number of piperidine rings is 1. The molecule has 5 fully saturated rings. The van der Waals surface area contributed by atoms with Crippen LogP contribution in [-0.4, -0.2) is 59.6 Å². The lowest BCUT2D eigenvalue weighted by molar-refractivity contribution is -0.197. The standard InChI is InChI=1S/C30H46N2O5/c1-6-7-11-28(4)15-23(37-27(36)31-26(35)21-17-32-14-10-20(21)16-32)29(5)18(2)8-12-30(19(3)25(28)34)13-9-22(33)24(29)30/h6-7,18-21,23-25,34H,8-17H2,1-5H3,(H,31,35,36)/b7-6+/t18-,19+,20-,21+,23-,24?,25+,28-,29+,30?/m1/s1. The summed E-state index contributed by atoms with van der Waals surface area (Å²) in [5, 5.41) is 14.4. The molecule has 2 N–H and O–H groups in total. The van der Waals surface area contributed by atoms with Crippen molar-refractivity contribution in [2.75, 3.05) is 19.6 Å². The number of Topliss-reactive ketones (excluding diaryl/α,β-unsaturated/α-hetero) is 1. The molecule has 7 heteroatoms. The zero-order valence-corrected chi connectivity index (χ0v) is 23.3. The van der Waals surface area contributed by atoms with Gasteiger partial charge in [-0.25, -0.2) is 4.79 Å². The van der Waals surface area contributed by atoms with Crippen LogP contribution in [0.15, 0.2) is 12.2 Å². The number of fused-ring (bicyclic) bond motifs is 2. The number of imide groups is 1. The number of amides is 2. The Kier molecular flexibility index (Phi) is 6.88. The summed E-state index contributed by atoms with van der Waals surface area (Å²) in [5.41, 5.74) is -1.38. The Morgan fingerprint density at radius 1 is 1.19 bits per heavy atom. The largest absolute Gasteiger partial charge is 0.445 e. The van der Waals surface area contributed by atoms with Crippen LogP contribution in [0.2, 0.25) is 0 Å². The van der Waals surface area contributed by atoms with Gasteiger partial charge in [0.25, 0.3) is 0 Å². The summed E-state index contributed by atoms with van der Waals surface area (Å²) in [7, 11) is 0. The molecule has 7 nitrogen and oxygen atoms in total. The third-order valence-electron chi connectivity index (χ3n) is 11.9. The van der Waals surface area contributed by atoms with Crippen molar-refractivity contribution >= 4 is 17.8 Å². The molecule has 3 aliphatic carbocycles. The number of hydrogen-bond donors (Lipinski definition) is 2. The van der Waals surface area contributed by atoms with E-state index in [2.05, 4.69) is 44.0 Å². The highest BCUT2D eigenvalue weighted by molar-refractivity contribution is 5.93. The van der Waals surface area contributed by atoms with E-state index in [1.54, 1.807) is 0 Å². The summed E-state index contributed by atoms with van der Waals surface area (Å²) in [6, 6.07) is 0. The minimum atomic E-state index is -0.709. The van der Waals surface area contributed by atoms with Crippen LogP contribution in [-0.2, 0) is 14.3 Å². The molecule has 206 valence electrons. The molecular formula is C30H46N2O5. The molecule has 5 aliphatic rings. The minimum absolute atomic E-state index is 0.0322. The maximum Gasteiger partial charge on any atom is 0.414 e. The lowest BCUT2D eigenvalue weighted by atomic mass is 9.43. The zero-order valence-electron chi connectivity index (χ0n) is 23.3. The van der Waals surface area contributed by atoms with Gasteiger partial charge in [-0.3, -0.25) is 14.9 Å². The van der Waals surface area contributed by atoms with Gasteiger partial charge in [-0.15, -0.1) is 0 Å². The number of ether oxygens (including phenoxy) is 1. The molecular weight excluding hydrogens is 468 g/mol. The van der Waals surface area contributed by atoms with Crippen LogP contribution in [0, 0.1) is 45.8 Å². The minimum Gasteiger partial charge on any atom is -0.445 e. The highest BCUT2D eigenvalue weighted by Gasteiger charge is 2.68. The molecule has 37 heavy (non-hydrogen) atoms. The van der Waals surface area contributed by atoms with Crippen LogP contribution < -0.4 is 5.32 Å². The third-order valence-corrected chi connectivity index (χ3v) is 11.9. The van der Waals surface area contributed by atoms with E-state index in [1.807, 2.05) is 13.0 Å². The van der Waals surface area contributed by atoms with Crippen molar-refractivity contribution < 1.29 is 24.2 Å². The van der Waals surface area contributed by atoms with Crippen molar-refractivity contribution in [3.63, 3.8) is 0 Å². The number of hydrogen-bond acceptors (Lipinski definition) is 6. The van der Waals surface area contributed by atoms with E-state index in [-0.39, 0.29) is 40.8 Å². The third kappa shape index (κ3) is 4.10. The Morgan fingerprint density at radius 3 is 2.59 bits per heavy atom. The molecule has 5 rings (SSSR count). The van der Waals surface area contributed by atoms with E-state index < -0.39 is 29.1 Å². The topological polar surface area (TPSA) is 95.9 Å². The van der Waals surface area contributed by atoms with E-state index >= 15 is 0 Å². The first-order valence-electron chi connectivity index (χ1n) is 14.5. The van der Waals surface area contributed by atoms with Gasteiger partial charge >= 0.3 is 6.09 Å². The summed E-state index contributed by atoms with van der Waals surface area (Å²) in [6.45, 7) is 13.2. The number of rotatable bonds is 4. The fraction of sp³-hybridized carbons (Fsp3) is 0.833. The van der Waals surface area contributed by atoms with Gasteiger partial charge in [-0.2, -0.15) is 0 Å². The van der Waals surface area contributed by atoms with E-state index in [0.29, 0.717) is 31.7 Å². The molecule has 0 aromatic heterocycles. The molecule has 2 saturated heterocycles. The number of alkyl carbamates (subject to hydrolysis) is 1. The van der Waals surface area contributed by atoms with Gasteiger partial charge in [0.05, 0.1) is 12.0 Å². The first kappa shape index (κ1) is 26.9. The van der Waals surface area contributed by atoms with Gasteiger partial charge in [0.1, 0.15) is 11.9 Å². The average Bonchev–Trinajstić information content (AvgIpc) is 3.59. The van der Waals surface area contributed by atoms with Crippen LogP contribution in [0.25, 0.3) is 0 Å². The van der Waals surface area contributed by atoms with E-state index in [0.717, 1.165) is 38.8 Å². The van der Waals surface area contributed by atoms with Gasteiger partial charge in [0.15, 0.2) is 0 Å². The molecule has 0 spiro atoms. The quantitative estimate of drug-likeness (QED) is 0.542. The highest BCUT2D eigenvalue weighted by atomic mass is 16.6. The first-order valence-corrected chi connectivity index (χ1v) is 14.5. The Labute approximate surface area is 221 Å². The van der Waals surface area contributed by atoms with Crippen LogP contribution in [0.1, 0.15) is 79.6 Å². The highest BCUT2D eigenvalue weighted by Crippen LogP contribution is 2.68. The van der Waals surface area contributed by atoms with Crippen molar-refractivity contribution in [1.29, 1.82) is 0 Å². The monoisotopic (exact) mass is 514 g/mol. The van der Waals surface area contributed by atoms with Crippen molar-refractivity contribution in [2.24, 2.45) is 45.8 Å². The summed E-state index contributed by atoms with van der Waals surface area (Å²) in [4.78, 5) is 42.2. The van der Waals surface area contributed by atoms with E-state index in [1.165, 1.54) is 0 Å². The molecule has 2 amide bonds. The van der Waals surface area contributed by atoms with Gasteiger partial charge in [-0.05, 0) is 75.2 Å². The summed E-state index contributed by atoms with van der Waals surface area (Å²) in [5.74, 6) is 0.0134. The van der Waals surface area contributed by atoms with Gasteiger partial charge in [0, 0.05) is 36.3 Å². The summed E-state index contributed by atoms with van der Waals surface area (Å²) < 4.78 is 6.24. The zero-order chi connectivity index (χ0) is 26.8. The fourth-order valence-corrected chi connectivity index (χ4v) is 9.38. The number of allylic oxidation sites excluding steroid dienone is 2. The molecule has 11 atom stereocenters. The smallest absolute Gasteiger partial charge is 0.414 e. The lowest BCUT2D eigenvalue weighted by Crippen LogP contribution is -2.63. The second kappa shape index (κ2) is 9.48. The number of carbonyl (C=O) groups is 3. The van der Waals surface area contributed by atoms with Crippen molar-refractivity contribution in [1.82, 2.24) is 10.2 Å². The molecule has 2 aliphatic heterocycles. The molecule has 2 heterocycles. The Balaban J connectivity index is 1.47. The van der Waals surface area contributed by atoms with Crippen LogP contribution in [0.4, 0.5) is 4.79 Å². The SMILES string of the molecule is C/C=C/C[C@]1(C)C[C@@H](OC(=O)NC(=O)[C@H]2CN3CC[C@@H]2C3)[C@@]2(C)C3C(=O)CCC3(CC[C@H]2C)[C@@H](C)[C@@H]1O. The Hall–Kier alpha value is -1.73. The summed E-state index contributed by atoms with van der Waals surface area (Å²) >= 11 is 0. The number of ketones is 1. The predicted octanol–water partition coefficient (Wildman–Crippen LogP) is 4.33. The van der Waals surface area contributed by atoms with Crippen molar-refractivity contribution in [3.8, 4) is 0 Å². The number of aliphatic hydroxyl groups excluding tert-OH is 1. The van der Waals surface area contributed by atoms with Crippen LogP contribution in [0.3, 0.4) is 0 Å². The number of nitrogens with zero attached hydrogens (tertiary/aromatic N) is 1. The molecule has 0 aromatic rings. The average molecular weight is 515 g/mol. The van der Waals surface area contributed by atoms with Crippen molar-refractivity contribution in [2.45, 2.75) is 91.8 Å². The Morgan fingerprint density at radius 2 is 1.95 bits per heavy atom. The van der Waals surface area contributed by atoms with Gasteiger partial charge in [0.2, 0.25) is 5.91 Å².